The summed E-state index contributed by atoms with van der Waals surface area (Å²) >= 11 is 0. The summed E-state index contributed by atoms with van der Waals surface area (Å²) in [5.74, 6) is 0. The maximum Gasteiger partial charge on any atom is 0.143 e. The van der Waals surface area contributed by atoms with Crippen LogP contribution in [0.25, 0.3) is 105 Å². The van der Waals surface area contributed by atoms with Gasteiger partial charge in [-0.25, -0.2) is 0 Å². The monoisotopic (exact) mass is 854 g/mol. The average molecular weight is 855 g/mol. The van der Waals surface area contributed by atoms with Gasteiger partial charge in [-0.15, -0.1) is 0 Å². The summed E-state index contributed by atoms with van der Waals surface area (Å²) in [5, 5.41) is 7.21. The van der Waals surface area contributed by atoms with Crippen LogP contribution in [-0.4, -0.2) is 4.57 Å². The first-order valence-electron chi connectivity index (χ1n) is 22.9. The van der Waals surface area contributed by atoms with Crippen LogP contribution < -0.4 is 4.90 Å². The van der Waals surface area contributed by atoms with Crippen molar-refractivity contribution in [3.8, 4) is 50.2 Å². The molecule has 0 atom stereocenters. The summed E-state index contributed by atoms with van der Waals surface area (Å²) in [6.07, 6.45) is 0. The van der Waals surface area contributed by atoms with Crippen molar-refractivity contribution >= 4 is 71.6 Å². The summed E-state index contributed by atoms with van der Waals surface area (Å²) in [6, 6.07) is 91.9. The molecule has 2 aromatic heterocycles. The number of furan rings is 1. The highest BCUT2D eigenvalue weighted by atomic mass is 16.3. The fourth-order valence-electron chi connectivity index (χ4n) is 10.2. The third kappa shape index (κ3) is 6.59. The highest BCUT2D eigenvalue weighted by molar-refractivity contribution is 6.11. The molecule has 13 rings (SSSR count). The maximum absolute atomic E-state index is 6.47. The second-order valence-electron chi connectivity index (χ2n) is 17.3. The van der Waals surface area contributed by atoms with E-state index in [0.29, 0.717) is 0 Å². The normalized spacial score (nSPS) is 11.6. The molecule has 0 aliphatic heterocycles. The number of hydrogen-bond acceptors (Lipinski definition) is 2. The molecular weight excluding hydrogens is 813 g/mol. The van der Waals surface area contributed by atoms with Gasteiger partial charge in [0.2, 0.25) is 0 Å². The lowest BCUT2D eigenvalue weighted by Crippen LogP contribution is -2.11. The lowest BCUT2D eigenvalue weighted by Gasteiger charge is -2.28. The van der Waals surface area contributed by atoms with E-state index in [9.17, 15) is 0 Å². The zero-order valence-corrected chi connectivity index (χ0v) is 36.6. The first-order valence-corrected chi connectivity index (χ1v) is 22.9. The van der Waals surface area contributed by atoms with Crippen molar-refractivity contribution in [2.75, 3.05) is 4.90 Å². The van der Waals surface area contributed by atoms with Crippen molar-refractivity contribution in [1.82, 2.24) is 4.57 Å². The molecule has 0 aliphatic rings. The molecule has 0 radical (unpaired) electrons. The molecule has 0 saturated heterocycles. The van der Waals surface area contributed by atoms with Gasteiger partial charge in [-0.3, -0.25) is 0 Å². The van der Waals surface area contributed by atoms with Gasteiger partial charge in [0.25, 0.3) is 0 Å². The minimum absolute atomic E-state index is 0.900. The first kappa shape index (κ1) is 38.5. The second-order valence-corrected chi connectivity index (χ2v) is 17.3. The van der Waals surface area contributed by atoms with E-state index in [1.807, 2.05) is 12.1 Å². The van der Waals surface area contributed by atoms with Crippen molar-refractivity contribution in [3.05, 3.63) is 255 Å². The van der Waals surface area contributed by atoms with Crippen LogP contribution in [0, 0.1) is 0 Å². The topological polar surface area (TPSA) is 21.3 Å². The largest absolute Gasteiger partial charge is 0.455 e. The number of anilines is 3. The molecule has 0 fully saturated rings. The number of rotatable bonds is 8. The van der Waals surface area contributed by atoms with E-state index in [4.69, 9.17) is 4.42 Å². The lowest BCUT2D eigenvalue weighted by molar-refractivity contribution is 0.670. The molecule has 0 N–H and O–H groups in total. The van der Waals surface area contributed by atoms with E-state index < -0.39 is 0 Å². The molecule has 0 bridgehead atoms. The number of hydrogen-bond donors (Lipinski definition) is 0. The standard InChI is InChI=1S/C64H42N2O/c1-2-16-46-42-49(32-31-43(46)15-1)53-20-3-8-26-59(53)65(51-39-35-45(36-40-51)54-24-14-25-58-57-23-7-12-30-63(57)67-64(54)58)50-37-33-44(34-38-50)47-17-13-18-48(41-47)52-19-4-9-27-60(52)66-61-28-10-5-21-55(61)56-22-6-11-29-62(56)66/h1-42H. The zero-order valence-electron chi connectivity index (χ0n) is 36.6. The van der Waals surface area contributed by atoms with Crippen molar-refractivity contribution < 1.29 is 4.42 Å². The van der Waals surface area contributed by atoms with Crippen molar-refractivity contribution in [2.24, 2.45) is 0 Å². The molecular formula is C64H42N2O. The maximum atomic E-state index is 6.47. The molecule has 13 aromatic rings. The summed E-state index contributed by atoms with van der Waals surface area (Å²) in [7, 11) is 0. The summed E-state index contributed by atoms with van der Waals surface area (Å²) < 4.78 is 8.89. The molecule has 0 amide bonds. The Kier molecular flexibility index (Phi) is 9.17. The third-order valence-corrected chi connectivity index (χ3v) is 13.4. The van der Waals surface area contributed by atoms with E-state index in [-0.39, 0.29) is 0 Å². The SMILES string of the molecule is c1cc(-c2ccc(N(c3ccc(-c4cccc5c4oc4ccccc45)cc3)c3ccccc3-c3ccc4ccccc4c3)cc2)cc(-c2ccccc2-n2c3ccccc3c3ccccc32)c1. The van der Waals surface area contributed by atoms with E-state index in [1.165, 1.54) is 49.3 Å². The zero-order chi connectivity index (χ0) is 44.3. The van der Waals surface area contributed by atoms with E-state index >= 15 is 0 Å². The molecule has 67 heavy (non-hydrogen) atoms. The number of para-hydroxylation sites is 6. The Morgan fingerprint density at radius 1 is 0.313 bits per heavy atom. The van der Waals surface area contributed by atoms with Crippen molar-refractivity contribution in [1.29, 1.82) is 0 Å². The van der Waals surface area contributed by atoms with E-state index in [2.05, 4.69) is 252 Å². The van der Waals surface area contributed by atoms with Gasteiger partial charge in [0.1, 0.15) is 11.2 Å². The number of benzene rings is 11. The Balaban J connectivity index is 0.906. The van der Waals surface area contributed by atoms with Crippen LogP contribution in [0.3, 0.4) is 0 Å². The highest BCUT2D eigenvalue weighted by Crippen LogP contribution is 2.44. The lowest BCUT2D eigenvalue weighted by atomic mass is 9.97. The van der Waals surface area contributed by atoms with Crippen LogP contribution >= 0.6 is 0 Å². The smallest absolute Gasteiger partial charge is 0.143 e. The van der Waals surface area contributed by atoms with Gasteiger partial charge in [-0.05, 0) is 105 Å². The van der Waals surface area contributed by atoms with Crippen LogP contribution in [-0.2, 0) is 0 Å². The van der Waals surface area contributed by atoms with Gasteiger partial charge >= 0.3 is 0 Å². The molecule has 2 heterocycles. The van der Waals surface area contributed by atoms with E-state index in [0.717, 1.165) is 72.5 Å². The molecule has 0 aliphatic carbocycles. The second kappa shape index (κ2) is 16.0. The molecule has 11 aromatic carbocycles. The van der Waals surface area contributed by atoms with Crippen LogP contribution in [0.4, 0.5) is 17.1 Å². The predicted molar refractivity (Wildman–Crippen MR) is 282 cm³/mol. The fraction of sp³-hybridized carbons (Fsp3) is 0. The summed E-state index contributed by atoms with van der Waals surface area (Å²) in [5.41, 5.74) is 17.8. The van der Waals surface area contributed by atoms with Gasteiger partial charge < -0.3 is 13.9 Å². The molecule has 3 nitrogen and oxygen atoms in total. The Labute approximate surface area is 388 Å². The number of fused-ring (bicyclic) bond motifs is 7. The van der Waals surface area contributed by atoms with Crippen molar-refractivity contribution in [3.63, 3.8) is 0 Å². The van der Waals surface area contributed by atoms with Gasteiger partial charge in [0.05, 0.1) is 22.4 Å². The number of aromatic nitrogens is 1. The first-order chi connectivity index (χ1) is 33.2. The van der Waals surface area contributed by atoms with Gasteiger partial charge in [0, 0.05) is 49.6 Å². The Morgan fingerprint density at radius 3 is 1.63 bits per heavy atom. The van der Waals surface area contributed by atoms with Gasteiger partial charge in [-0.1, -0.05) is 188 Å². The summed E-state index contributed by atoms with van der Waals surface area (Å²) in [4.78, 5) is 2.39. The van der Waals surface area contributed by atoms with Crippen LogP contribution in [0.1, 0.15) is 0 Å². The Morgan fingerprint density at radius 2 is 0.851 bits per heavy atom. The van der Waals surface area contributed by atoms with Gasteiger partial charge in [0.15, 0.2) is 0 Å². The Hall–Kier alpha value is -8.92. The van der Waals surface area contributed by atoms with Crippen LogP contribution in [0.5, 0.6) is 0 Å². The fourth-order valence-corrected chi connectivity index (χ4v) is 10.2. The summed E-state index contributed by atoms with van der Waals surface area (Å²) in [6.45, 7) is 0. The molecule has 0 saturated carbocycles. The predicted octanol–water partition coefficient (Wildman–Crippen LogP) is 18.0. The number of nitrogens with zero attached hydrogens (tertiary/aromatic N) is 2. The van der Waals surface area contributed by atoms with E-state index in [1.54, 1.807) is 0 Å². The van der Waals surface area contributed by atoms with Gasteiger partial charge in [-0.2, -0.15) is 0 Å². The molecule has 0 spiro atoms. The third-order valence-electron chi connectivity index (χ3n) is 13.4. The molecule has 0 unspecified atom stereocenters. The van der Waals surface area contributed by atoms with Crippen LogP contribution in [0.15, 0.2) is 259 Å². The average Bonchev–Trinajstić information content (AvgIpc) is 3.95. The molecule has 3 heteroatoms. The highest BCUT2D eigenvalue weighted by Gasteiger charge is 2.20. The molecule has 314 valence electrons. The Bertz CT molecular complexity index is 3930. The minimum atomic E-state index is 0.900. The minimum Gasteiger partial charge on any atom is -0.455 e. The quantitative estimate of drug-likeness (QED) is 0.152. The van der Waals surface area contributed by atoms with Crippen LogP contribution in [0.2, 0.25) is 0 Å². The van der Waals surface area contributed by atoms with Crippen molar-refractivity contribution in [2.45, 2.75) is 0 Å².